The number of carbonyl (C=O) groups excluding carboxylic acids is 1. The van der Waals surface area contributed by atoms with Gasteiger partial charge in [-0.15, -0.1) is 0 Å². The number of nitrogens with zero attached hydrogens (tertiary/aromatic N) is 1. The maximum atomic E-state index is 11.8. The number of fused-ring (bicyclic) bond motifs is 1. The van der Waals surface area contributed by atoms with Gasteiger partial charge in [-0.25, -0.2) is 5.43 Å². The zero-order chi connectivity index (χ0) is 14.7. The number of rotatable bonds is 5. The van der Waals surface area contributed by atoms with Crippen molar-refractivity contribution < 1.29 is 9.53 Å². The molecule has 4 nitrogen and oxygen atoms in total. The first kappa shape index (κ1) is 13.6. The number of hydrazone groups is 1. The molecule has 4 heteroatoms. The summed E-state index contributed by atoms with van der Waals surface area (Å²) in [5.41, 5.74) is 3.54. The molecule has 1 fully saturated rings. The Morgan fingerprint density at radius 1 is 1.24 bits per heavy atom. The van der Waals surface area contributed by atoms with Gasteiger partial charge in [-0.05, 0) is 37.1 Å². The molecule has 1 aliphatic rings. The summed E-state index contributed by atoms with van der Waals surface area (Å²) in [6.45, 7) is 1.92. The number of amides is 1. The summed E-state index contributed by atoms with van der Waals surface area (Å²) in [5.74, 6) is 1.04. The van der Waals surface area contributed by atoms with Crippen molar-refractivity contribution in [1.82, 2.24) is 5.43 Å². The third kappa shape index (κ3) is 3.40. The van der Waals surface area contributed by atoms with E-state index in [1.807, 2.05) is 49.4 Å². The molecule has 1 saturated carbocycles. The average Bonchev–Trinajstić information content (AvgIpc) is 3.35. The summed E-state index contributed by atoms with van der Waals surface area (Å²) in [6, 6.07) is 13.8. The lowest BCUT2D eigenvalue weighted by molar-refractivity contribution is -0.123. The second kappa shape index (κ2) is 5.95. The highest BCUT2D eigenvalue weighted by Crippen LogP contribution is 2.30. The van der Waals surface area contributed by atoms with Crippen molar-refractivity contribution in [3.63, 3.8) is 0 Å². The van der Waals surface area contributed by atoms with Gasteiger partial charge < -0.3 is 4.74 Å². The molecule has 0 atom stereocenters. The minimum absolute atomic E-state index is 0.0323. The molecule has 2 aromatic rings. The van der Waals surface area contributed by atoms with Gasteiger partial charge in [0, 0.05) is 11.1 Å². The van der Waals surface area contributed by atoms with Crippen molar-refractivity contribution in [2.75, 3.05) is 6.61 Å². The average molecular weight is 282 g/mol. The van der Waals surface area contributed by atoms with E-state index in [0.717, 1.165) is 16.5 Å². The second-order valence-electron chi connectivity index (χ2n) is 5.33. The van der Waals surface area contributed by atoms with Crippen LogP contribution in [-0.4, -0.2) is 18.2 Å². The number of carbonyl (C=O) groups is 1. The first-order valence-corrected chi connectivity index (χ1v) is 7.17. The van der Waals surface area contributed by atoms with Gasteiger partial charge >= 0.3 is 0 Å². The van der Waals surface area contributed by atoms with Crippen LogP contribution in [0.3, 0.4) is 0 Å². The SMILES string of the molecule is C/C(=N\NC(=O)COc1cccc2ccccc12)C1CC1. The molecule has 0 unspecified atom stereocenters. The van der Waals surface area contributed by atoms with Crippen molar-refractivity contribution in [1.29, 1.82) is 0 Å². The van der Waals surface area contributed by atoms with Crippen LogP contribution in [0.15, 0.2) is 47.6 Å². The van der Waals surface area contributed by atoms with Crippen LogP contribution in [0.4, 0.5) is 0 Å². The molecule has 0 aliphatic heterocycles. The van der Waals surface area contributed by atoms with Crippen molar-refractivity contribution in [3.8, 4) is 5.75 Å². The molecule has 0 radical (unpaired) electrons. The Bertz CT molecular complexity index is 685. The van der Waals surface area contributed by atoms with Crippen LogP contribution >= 0.6 is 0 Å². The zero-order valence-corrected chi connectivity index (χ0v) is 12.0. The largest absolute Gasteiger partial charge is 0.483 e. The predicted octanol–water partition coefficient (Wildman–Crippen LogP) is 3.12. The molecular formula is C17H18N2O2. The summed E-state index contributed by atoms with van der Waals surface area (Å²) in [5, 5.41) is 6.20. The summed E-state index contributed by atoms with van der Waals surface area (Å²) < 4.78 is 5.61. The van der Waals surface area contributed by atoms with Gasteiger partial charge in [0.05, 0.1) is 0 Å². The molecule has 0 saturated heterocycles. The maximum Gasteiger partial charge on any atom is 0.277 e. The van der Waals surface area contributed by atoms with E-state index in [-0.39, 0.29) is 12.5 Å². The highest BCUT2D eigenvalue weighted by molar-refractivity contribution is 5.89. The molecule has 108 valence electrons. The zero-order valence-electron chi connectivity index (χ0n) is 12.0. The predicted molar refractivity (Wildman–Crippen MR) is 83.4 cm³/mol. The van der Waals surface area contributed by atoms with Gasteiger partial charge in [-0.2, -0.15) is 5.10 Å². The lowest BCUT2D eigenvalue weighted by Crippen LogP contribution is -2.25. The fourth-order valence-corrected chi connectivity index (χ4v) is 2.24. The standard InChI is InChI=1S/C17H18N2O2/c1-12(13-9-10-13)18-19-17(20)11-21-16-8-4-6-14-5-2-3-7-15(14)16/h2-8,13H,9-11H2,1H3,(H,19,20)/b18-12+. The molecule has 3 rings (SSSR count). The lowest BCUT2D eigenvalue weighted by atomic mass is 10.1. The Labute approximate surface area is 123 Å². The smallest absolute Gasteiger partial charge is 0.277 e. The Morgan fingerprint density at radius 2 is 2.00 bits per heavy atom. The second-order valence-corrected chi connectivity index (χ2v) is 5.33. The molecule has 1 N–H and O–H groups in total. The van der Waals surface area contributed by atoms with E-state index >= 15 is 0 Å². The molecule has 21 heavy (non-hydrogen) atoms. The van der Waals surface area contributed by atoms with E-state index in [2.05, 4.69) is 10.5 Å². The van der Waals surface area contributed by atoms with Crippen LogP contribution in [0.2, 0.25) is 0 Å². The van der Waals surface area contributed by atoms with E-state index in [1.54, 1.807) is 0 Å². The van der Waals surface area contributed by atoms with E-state index in [4.69, 9.17) is 4.74 Å². The van der Waals surface area contributed by atoms with Crippen LogP contribution in [0.5, 0.6) is 5.75 Å². The van der Waals surface area contributed by atoms with E-state index in [9.17, 15) is 4.79 Å². The van der Waals surface area contributed by atoms with Crippen molar-refractivity contribution >= 4 is 22.4 Å². The summed E-state index contributed by atoms with van der Waals surface area (Å²) in [6.07, 6.45) is 2.36. The highest BCUT2D eigenvalue weighted by Gasteiger charge is 2.24. The van der Waals surface area contributed by atoms with Gasteiger partial charge in [-0.3, -0.25) is 4.79 Å². The van der Waals surface area contributed by atoms with Crippen molar-refractivity contribution in [2.45, 2.75) is 19.8 Å². The Hall–Kier alpha value is -2.36. The summed E-state index contributed by atoms with van der Waals surface area (Å²) in [7, 11) is 0. The van der Waals surface area contributed by atoms with Crippen LogP contribution in [-0.2, 0) is 4.79 Å². The van der Waals surface area contributed by atoms with Crippen molar-refractivity contribution in [2.24, 2.45) is 11.0 Å². The molecule has 0 aromatic heterocycles. The molecule has 0 bridgehead atoms. The maximum absolute atomic E-state index is 11.8. The third-order valence-corrected chi connectivity index (χ3v) is 3.63. The van der Waals surface area contributed by atoms with Crippen LogP contribution in [0.25, 0.3) is 10.8 Å². The first-order valence-electron chi connectivity index (χ1n) is 7.17. The van der Waals surface area contributed by atoms with Crippen LogP contribution < -0.4 is 10.2 Å². The lowest BCUT2D eigenvalue weighted by Gasteiger charge is -2.08. The minimum atomic E-state index is -0.233. The molecule has 1 amide bonds. The number of hydrogen-bond donors (Lipinski definition) is 1. The molecule has 1 aliphatic carbocycles. The van der Waals surface area contributed by atoms with Gasteiger partial charge in [0.1, 0.15) is 5.75 Å². The van der Waals surface area contributed by atoms with Gasteiger partial charge in [0.25, 0.3) is 5.91 Å². The van der Waals surface area contributed by atoms with Gasteiger partial charge in [-0.1, -0.05) is 36.4 Å². The monoisotopic (exact) mass is 282 g/mol. The number of ether oxygens (including phenoxy) is 1. The van der Waals surface area contributed by atoms with Crippen LogP contribution in [0, 0.1) is 5.92 Å². The topological polar surface area (TPSA) is 50.7 Å². The Kier molecular flexibility index (Phi) is 3.86. The van der Waals surface area contributed by atoms with E-state index in [0.29, 0.717) is 11.7 Å². The number of hydrogen-bond acceptors (Lipinski definition) is 3. The molecule has 0 spiro atoms. The minimum Gasteiger partial charge on any atom is -0.483 e. The van der Waals surface area contributed by atoms with Gasteiger partial charge in [0.2, 0.25) is 0 Å². The van der Waals surface area contributed by atoms with E-state index in [1.165, 1.54) is 12.8 Å². The summed E-state index contributed by atoms with van der Waals surface area (Å²) in [4.78, 5) is 11.8. The molecule has 2 aromatic carbocycles. The number of benzene rings is 2. The quantitative estimate of drug-likeness (QED) is 0.676. The third-order valence-electron chi connectivity index (χ3n) is 3.63. The molecule has 0 heterocycles. The van der Waals surface area contributed by atoms with Crippen molar-refractivity contribution in [3.05, 3.63) is 42.5 Å². The van der Waals surface area contributed by atoms with E-state index < -0.39 is 0 Å². The van der Waals surface area contributed by atoms with Gasteiger partial charge in [0.15, 0.2) is 6.61 Å². The number of nitrogens with one attached hydrogen (secondary N) is 1. The van der Waals surface area contributed by atoms with Crippen LogP contribution in [0.1, 0.15) is 19.8 Å². The Morgan fingerprint density at radius 3 is 2.81 bits per heavy atom. The highest BCUT2D eigenvalue weighted by atomic mass is 16.5. The normalized spacial score (nSPS) is 15.0. The summed E-state index contributed by atoms with van der Waals surface area (Å²) >= 11 is 0. The first-order chi connectivity index (χ1) is 10.2. The fourth-order valence-electron chi connectivity index (χ4n) is 2.24. The fraction of sp³-hybridized carbons (Fsp3) is 0.294. The molecular weight excluding hydrogens is 264 g/mol. The Balaban J connectivity index is 1.61.